The monoisotopic (exact) mass is 429 g/mol. The van der Waals surface area contributed by atoms with Crippen molar-refractivity contribution < 1.29 is 23.5 Å². The lowest BCUT2D eigenvalue weighted by molar-refractivity contribution is -0.121. The Hall–Kier alpha value is -2.84. The molecule has 1 unspecified atom stereocenters. The summed E-state index contributed by atoms with van der Waals surface area (Å²) >= 11 is 0. The number of benzene rings is 1. The van der Waals surface area contributed by atoms with Gasteiger partial charge in [0.25, 0.3) is 5.91 Å². The van der Waals surface area contributed by atoms with Crippen molar-refractivity contribution in [2.45, 2.75) is 25.8 Å². The first kappa shape index (κ1) is 22.8. The summed E-state index contributed by atoms with van der Waals surface area (Å²) in [5.41, 5.74) is 0.562. The van der Waals surface area contributed by atoms with Crippen LogP contribution < -0.4 is 15.4 Å². The van der Waals surface area contributed by atoms with E-state index in [9.17, 15) is 9.59 Å². The number of carbonyl (C=O) groups is 2. The molecule has 1 aromatic heterocycles. The van der Waals surface area contributed by atoms with Gasteiger partial charge in [0.05, 0.1) is 26.4 Å². The summed E-state index contributed by atoms with van der Waals surface area (Å²) in [7, 11) is 1.58. The van der Waals surface area contributed by atoms with Crippen molar-refractivity contribution in [3.05, 3.63) is 53.5 Å². The predicted molar refractivity (Wildman–Crippen MR) is 116 cm³/mol. The molecule has 8 heteroatoms. The first-order valence-electron chi connectivity index (χ1n) is 10.6. The molecule has 0 radical (unpaired) electrons. The number of hydrogen-bond donors (Lipinski definition) is 2. The standard InChI is InChI=1S/C23H31N3O5/c1-17-5-10-21(31-17)20(26-12-14-30-15-13-26)16-25-22(27)4-3-11-24-23(28)18-6-8-19(29-2)9-7-18/h5-10,20H,3-4,11-16H2,1-2H3,(H,24,28)(H,25,27). The van der Waals surface area contributed by atoms with Crippen molar-refractivity contribution >= 4 is 11.8 Å². The van der Waals surface area contributed by atoms with E-state index in [1.165, 1.54) is 0 Å². The van der Waals surface area contributed by atoms with E-state index in [0.29, 0.717) is 50.5 Å². The number of carbonyl (C=O) groups excluding carboxylic acids is 2. The topological polar surface area (TPSA) is 93.0 Å². The lowest BCUT2D eigenvalue weighted by Gasteiger charge is -2.33. The van der Waals surface area contributed by atoms with Crippen LogP contribution in [-0.2, 0) is 9.53 Å². The van der Waals surface area contributed by atoms with Crippen molar-refractivity contribution in [2.24, 2.45) is 0 Å². The summed E-state index contributed by atoms with van der Waals surface area (Å²) in [5, 5.41) is 5.85. The van der Waals surface area contributed by atoms with Crippen molar-refractivity contribution in [1.82, 2.24) is 15.5 Å². The van der Waals surface area contributed by atoms with E-state index in [1.54, 1.807) is 31.4 Å². The number of methoxy groups -OCH3 is 1. The summed E-state index contributed by atoms with van der Waals surface area (Å²) in [6, 6.07) is 10.8. The first-order valence-corrected chi connectivity index (χ1v) is 10.6. The molecule has 1 fully saturated rings. The van der Waals surface area contributed by atoms with Crippen LogP contribution in [0.5, 0.6) is 5.75 Å². The van der Waals surface area contributed by atoms with Crippen molar-refractivity contribution in [3.8, 4) is 5.75 Å². The molecule has 3 rings (SSSR count). The number of furan rings is 1. The van der Waals surface area contributed by atoms with Gasteiger partial charge in [-0.05, 0) is 49.7 Å². The number of ether oxygens (including phenoxy) is 2. The molecule has 2 amide bonds. The van der Waals surface area contributed by atoms with Crippen LogP contribution in [0.15, 0.2) is 40.8 Å². The lowest BCUT2D eigenvalue weighted by Crippen LogP contribution is -2.43. The lowest BCUT2D eigenvalue weighted by atomic mass is 10.1. The van der Waals surface area contributed by atoms with Crippen LogP contribution in [0.1, 0.15) is 40.8 Å². The summed E-state index contributed by atoms with van der Waals surface area (Å²) in [6.07, 6.45) is 0.908. The van der Waals surface area contributed by atoms with Crippen LogP contribution in [0.4, 0.5) is 0 Å². The molecule has 8 nitrogen and oxygen atoms in total. The predicted octanol–water partition coefficient (Wildman–Crippen LogP) is 2.30. The van der Waals surface area contributed by atoms with E-state index < -0.39 is 0 Å². The largest absolute Gasteiger partial charge is 0.497 e. The van der Waals surface area contributed by atoms with Gasteiger partial charge in [-0.2, -0.15) is 0 Å². The number of nitrogens with zero attached hydrogens (tertiary/aromatic N) is 1. The van der Waals surface area contributed by atoms with Gasteiger partial charge in [-0.25, -0.2) is 0 Å². The average molecular weight is 430 g/mol. The number of hydrogen-bond acceptors (Lipinski definition) is 6. The second-order valence-corrected chi connectivity index (χ2v) is 7.50. The Labute approximate surface area is 182 Å². The van der Waals surface area contributed by atoms with Crippen LogP contribution in [0.25, 0.3) is 0 Å². The maximum Gasteiger partial charge on any atom is 0.251 e. The smallest absolute Gasteiger partial charge is 0.251 e. The van der Waals surface area contributed by atoms with Crippen LogP contribution in [-0.4, -0.2) is 63.2 Å². The maximum absolute atomic E-state index is 12.3. The highest BCUT2D eigenvalue weighted by Gasteiger charge is 2.25. The molecule has 31 heavy (non-hydrogen) atoms. The van der Waals surface area contributed by atoms with Crippen molar-refractivity contribution in [1.29, 1.82) is 0 Å². The van der Waals surface area contributed by atoms with Gasteiger partial charge in [0.1, 0.15) is 17.3 Å². The Kier molecular flexibility index (Phi) is 8.49. The van der Waals surface area contributed by atoms with Crippen molar-refractivity contribution in [3.63, 3.8) is 0 Å². The Morgan fingerprint density at radius 3 is 2.48 bits per heavy atom. The molecule has 0 spiro atoms. The zero-order valence-electron chi connectivity index (χ0n) is 18.2. The highest BCUT2D eigenvalue weighted by molar-refractivity contribution is 5.94. The number of rotatable bonds is 10. The van der Waals surface area contributed by atoms with Crippen molar-refractivity contribution in [2.75, 3.05) is 46.5 Å². The zero-order chi connectivity index (χ0) is 22.1. The SMILES string of the molecule is COc1ccc(C(=O)NCCCC(=O)NCC(c2ccc(C)o2)N2CCOCC2)cc1. The fourth-order valence-corrected chi connectivity index (χ4v) is 3.53. The highest BCUT2D eigenvalue weighted by atomic mass is 16.5. The summed E-state index contributed by atoms with van der Waals surface area (Å²) in [5.74, 6) is 2.20. The molecule has 2 N–H and O–H groups in total. The quantitative estimate of drug-likeness (QED) is 0.563. The highest BCUT2D eigenvalue weighted by Crippen LogP contribution is 2.23. The summed E-state index contributed by atoms with van der Waals surface area (Å²) in [4.78, 5) is 26.8. The molecule has 1 saturated heterocycles. The third kappa shape index (κ3) is 6.83. The Bertz CT molecular complexity index is 843. The van der Waals surface area contributed by atoms with Gasteiger partial charge in [-0.3, -0.25) is 14.5 Å². The molecular weight excluding hydrogens is 398 g/mol. The molecule has 1 aromatic carbocycles. The third-order valence-electron chi connectivity index (χ3n) is 5.29. The third-order valence-corrected chi connectivity index (χ3v) is 5.29. The molecule has 168 valence electrons. The number of amides is 2. The van der Waals surface area contributed by atoms with Gasteiger partial charge in [-0.15, -0.1) is 0 Å². The molecule has 0 saturated carbocycles. The minimum Gasteiger partial charge on any atom is -0.497 e. The van der Waals surface area contributed by atoms with E-state index in [-0.39, 0.29) is 17.9 Å². The minimum absolute atomic E-state index is 0.0173. The first-order chi connectivity index (χ1) is 15.1. The summed E-state index contributed by atoms with van der Waals surface area (Å²) in [6.45, 7) is 5.79. The molecule has 0 bridgehead atoms. The maximum atomic E-state index is 12.3. The molecule has 1 atom stereocenters. The molecule has 2 aromatic rings. The van der Waals surface area contributed by atoms with Crippen LogP contribution in [0, 0.1) is 6.92 Å². The van der Waals surface area contributed by atoms with Gasteiger partial charge in [-0.1, -0.05) is 0 Å². The number of nitrogens with one attached hydrogen (secondary N) is 2. The van der Waals surface area contributed by atoms with Crippen LogP contribution in [0.2, 0.25) is 0 Å². The van der Waals surface area contributed by atoms with Crippen LogP contribution in [0.3, 0.4) is 0 Å². The zero-order valence-corrected chi connectivity index (χ0v) is 18.2. The molecule has 2 heterocycles. The molecule has 1 aliphatic rings. The summed E-state index contributed by atoms with van der Waals surface area (Å²) < 4.78 is 16.4. The number of morpholine rings is 1. The fourth-order valence-electron chi connectivity index (χ4n) is 3.53. The molecule has 0 aliphatic carbocycles. The normalized spacial score (nSPS) is 15.3. The van der Waals surface area contributed by atoms with E-state index in [2.05, 4.69) is 15.5 Å². The van der Waals surface area contributed by atoms with E-state index in [1.807, 2.05) is 19.1 Å². The minimum atomic E-state index is -0.163. The Morgan fingerprint density at radius 1 is 1.10 bits per heavy atom. The van der Waals surface area contributed by atoms with Gasteiger partial charge in [0.15, 0.2) is 0 Å². The van der Waals surface area contributed by atoms with E-state index >= 15 is 0 Å². The Balaban J connectivity index is 1.41. The second kappa shape index (κ2) is 11.5. The second-order valence-electron chi connectivity index (χ2n) is 7.50. The van der Waals surface area contributed by atoms with E-state index in [4.69, 9.17) is 13.9 Å². The van der Waals surface area contributed by atoms with Gasteiger partial charge in [0, 0.05) is 38.2 Å². The van der Waals surface area contributed by atoms with Gasteiger partial charge < -0.3 is 24.5 Å². The molecular formula is C23H31N3O5. The number of aryl methyl sites for hydroxylation is 1. The van der Waals surface area contributed by atoms with Gasteiger partial charge in [0.2, 0.25) is 5.91 Å². The Morgan fingerprint density at radius 2 is 1.84 bits per heavy atom. The molecule has 1 aliphatic heterocycles. The van der Waals surface area contributed by atoms with Gasteiger partial charge >= 0.3 is 0 Å². The fraction of sp³-hybridized carbons (Fsp3) is 0.478. The van der Waals surface area contributed by atoms with Crippen LogP contribution >= 0.6 is 0 Å². The van der Waals surface area contributed by atoms with E-state index in [0.717, 1.165) is 24.6 Å². The average Bonchev–Trinajstić information content (AvgIpc) is 3.23.